The van der Waals surface area contributed by atoms with Crippen LogP contribution in [-0.2, 0) is 0 Å². The molecule has 0 bridgehead atoms. The third kappa shape index (κ3) is 4.10. The monoisotopic (exact) mass is 401 g/mol. The molecule has 130 valence electrons. The van der Waals surface area contributed by atoms with E-state index in [2.05, 4.69) is 28.9 Å². The van der Waals surface area contributed by atoms with Gasteiger partial charge in [0.25, 0.3) is 5.69 Å². The first-order valence-electron chi connectivity index (χ1n) is 8.29. The number of benzene rings is 2. The normalized spacial score (nSPS) is 15.3. The van der Waals surface area contributed by atoms with Crippen LogP contribution in [-0.4, -0.2) is 12.0 Å². The molecule has 1 fully saturated rings. The van der Waals surface area contributed by atoms with E-state index in [1.165, 1.54) is 30.5 Å². The highest BCUT2D eigenvalue weighted by Gasteiger charge is 2.31. The highest BCUT2D eigenvalue weighted by Crippen LogP contribution is 2.46. The van der Waals surface area contributed by atoms with Crippen molar-refractivity contribution in [2.75, 3.05) is 7.11 Å². The summed E-state index contributed by atoms with van der Waals surface area (Å²) < 4.78 is 6.74. The zero-order chi connectivity index (χ0) is 18.0. The summed E-state index contributed by atoms with van der Waals surface area (Å²) in [6.45, 7) is 2.26. The van der Waals surface area contributed by atoms with Crippen LogP contribution < -0.4 is 4.74 Å². The Bertz CT molecular complexity index is 810. The molecule has 0 radical (unpaired) electrons. The molecule has 0 amide bonds. The molecule has 2 aromatic rings. The summed E-state index contributed by atoms with van der Waals surface area (Å²) >= 11 is 3.60. The van der Waals surface area contributed by atoms with E-state index in [4.69, 9.17) is 4.74 Å². The number of nitro benzene ring substituents is 1. The first kappa shape index (κ1) is 17.7. The van der Waals surface area contributed by atoms with E-state index < -0.39 is 4.92 Å². The molecule has 1 aliphatic carbocycles. The molecule has 2 aromatic carbocycles. The maximum Gasteiger partial charge on any atom is 0.269 e. The summed E-state index contributed by atoms with van der Waals surface area (Å²) in [7, 11) is 1.70. The van der Waals surface area contributed by atoms with Crippen LogP contribution in [0.2, 0.25) is 0 Å². The number of halogens is 1. The molecular formula is C20H20BrNO3. The lowest BCUT2D eigenvalue weighted by Gasteiger charge is -2.18. The molecule has 0 heterocycles. The van der Waals surface area contributed by atoms with E-state index in [0.717, 1.165) is 27.3 Å². The van der Waals surface area contributed by atoms with Gasteiger partial charge in [0.05, 0.1) is 12.0 Å². The summed E-state index contributed by atoms with van der Waals surface area (Å²) in [6, 6.07) is 10.7. The number of hydrogen-bond acceptors (Lipinski definition) is 3. The first-order chi connectivity index (χ1) is 12.0. The number of hydrogen-bond donors (Lipinski definition) is 0. The topological polar surface area (TPSA) is 52.4 Å². The van der Waals surface area contributed by atoms with Crippen LogP contribution in [0, 0.1) is 16.0 Å². The van der Waals surface area contributed by atoms with Crippen LogP contribution in [0.4, 0.5) is 5.69 Å². The molecular weight excluding hydrogens is 382 g/mol. The van der Waals surface area contributed by atoms with Crippen LogP contribution in [0.3, 0.4) is 0 Å². The van der Waals surface area contributed by atoms with Crippen molar-refractivity contribution >= 4 is 33.8 Å². The summed E-state index contributed by atoms with van der Waals surface area (Å²) in [6.07, 6.45) is 6.50. The van der Waals surface area contributed by atoms with Gasteiger partial charge in [-0.2, -0.15) is 0 Å². The van der Waals surface area contributed by atoms with Gasteiger partial charge in [-0.15, -0.1) is 0 Å². The van der Waals surface area contributed by atoms with Crippen LogP contribution in [0.1, 0.15) is 42.4 Å². The molecule has 0 spiro atoms. The second-order valence-corrected chi connectivity index (χ2v) is 7.34. The van der Waals surface area contributed by atoms with Gasteiger partial charge < -0.3 is 4.74 Å². The molecule has 1 aliphatic rings. The number of rotatable bonds is 6. The van der Waals surface area contributed by atoms with E-state index in [1.807, 2.05) is 18.2 Å². The Morgan fingerprint density at radius 1 is 1.24 bits per heavy atom. The molecule has 0 saturated heterocycles. The molecule has 5 heteroatoms. The molecule has 1 unspecified atom stereocenters. The van der Waals surface area contributed by atoms with Gasteiger partial charge in [-0.25, -0.2) is 0 Å². The van der Waals surface area contributed by atoms with Gasteiger partial charge in [-0.3, -0.25) is 10.1 Å². The van der Waals surface area contributed by atoms with Crippen molar-refractivity contribution in [1.82, 2.24) is 0 Å². The quantitative estimate of drug-likeness (QED) is 0.336. The van der Waals surface area contributed by atoms with Crippen molar-refractivity contribution in [1.29, 1.82) is 0 Å². The standard InChI is InChI=1S/C20H20BrNO3/c1-13(15-7-8-15)19-12-17(21)11-16(20(19)25-2)6-3-14-4-9-18(10-5-14)22(23)24/h3-6,9-13,15H,7-8H2,1-2H3/b6-3+. The second kappa shape index (κ2) is 7.40. The highest BCUT2D eigenvalue weighted by molar-refractivity contribution is 9.10. The molecule has 3 rings (SSSR count). The van der Waals surface area contributed by atoms with E-state index in [1.54, 1.807) is 19.2 Å². The van der Waals surface area contributed by atoms with Crippen LogP contribution in [0.15, 0.2) is 40.9 Å². The molecule has 25 heavy (non-hydrogen) atoms. The Morgan fingerprint density at radius 3 is 2.48 bits per heavy atom. The summed E-state index contributed by atoms with van der Waals surface area (Å²) in [5, 5.41) is 10.7. The van der Waals surface area contributed by atoms with Gasteiger partial charge in [0.1, 0.15) is 5.75 Å². The van der Waals surface area contributed by atoms with Crippen molar-refractivity contribution in [2.45, 2.75) is 25.7 Å². The first-order valence-corrected chi connectivity index (χ1v) is 9.09. The van der Waals surface area contributed by atoms with Gasteiger partial charge in [-0.05, 0) is 60.1 Å². The van der Waals surface area contributed by atoms with E-state index in [9.17, 15) is 10.1 Å². The van der Waals surface area contributed by atoms with Crippen molar-refractivity contribution in [3.63, 3.8) is 0 Å². The lowest BCUT2D eigenvalue weighted by atomic mass is 9.93. The number of ether oxygens (including phenoxy) is 1. The molecule has 0 aromatic heterocycles. The zero-order valence-electron chi connectivity index (χ0n) is 14.2. The SMILES string of the molecule is COc1c(/C=C/c2ccc([N+](=O)[O-])cc2)cc(Br)cc1C(C)C1CC1. The minimum Gasteiger partial charge on any atom is -0.496 e. The highest BCUT2D eigenvalue weighted by atomic mass is 79.9. The van der Waals surface area contributed by atoms with Gasteiger partial charge in [0.15, 0.2) is 0 Å². The number of nitro groups is 1. The van der Waals surface area contributed by atoms with Crippen molar-refractivity contribution in [3.8, 4) is 5.75 Å². The van der Waals surface area contributed by atoms with E-state index >= 15 is 0 Å². The molecule has 4 nitrogen and oxygen atoms in total. The smallest absolute Gasteiger partial charge is 0.269 e. The van der Waals surface area contributed by atoms with Crippen molar-refractivity contribution < 1.29 is 9.66 Å². The fraction of sp³-hybridized carbons (Fsp3) is 0.300. The Kier molecular flexibility index (Phi) is 5.23. The molecule has 0 N–H and O–H groups in total. The largest absolute Gasteiger partial charge is 0.496 e. The fourth-order valence-corrected chi connectivity index (χ4v) is 3.57. The van der Waals surface area contributed by atoms with Gasteiger partial charge in [-0.1, -0.05) is 35.0 Å². The maximum atomic E-state index is 10.7. The molecule has 0 aliphatic heterocycles. The average molecular weight is 402 g/mol. The fourth-order valence-electron chi connectivity index (χ4n) is 3.08. The second-order valence-electron chi connectivity index (χ2n) is 6.43. The molecule has 1 atom stereocenters. The maximum absolute atomic E-state index is 10.7. The zero-order valence-corrected chi connectivity index (χ0v) is 15.8. The Hall–Kier alpha value is -2.14. The third-order valence-electron chi connectivity index (χ3n) is 4.69. The minimum atomic E-state index is -0.392. The average Bonchev–Trinajstić information content (AvgIpc) is 3.44. The van der Waals surface area contributed by atoms with Gasteiger partial charge >= 0.3 is 0 Å². The number of non-ortho nitro benzene ring substituents is 1. The summed E-state index contributed by atoms with van der Waals surface area (Å²) in [4.78, 5) is 10.3. The van der Waals surface area contributed by atoms with Crippen LogP contribution in [0.25, 0.3) is 12.2 Å². The van der Waals surface area contributed by atoms with Crippen molar-refractivity contribution in [3.05, 3.63) is 67.7 Å². The Labute approximate surface area is 155 Å². The van der Waals surface area contributed by atoms with Crippen LogP contribution >= 0.6 is 15.9 Å². The predicted octanol–water partition coefficient (Wildman–Crippen LogP) is 6.05. The van der Waals surface area contributed by atoms with Crippen LogP contribution in [0.5, 0.6) is 5.75 Å². The van der Waals surface area contributed by atoms with Crippen molar-refractivity contribution in [2.24, 2.45) is 5.92 Å². The Morgan fingerprint density at radius 2 is 1.92 bits per heavy atom. The third-order valence-corrected chi connectivity index (χ3v) is 5.15. The number of nitrogens with zero attached hydrogens (tertiary/aromatic N) is 1. The van der Waals surface area contributed by atoms with Gasteiger partial charge in [0, 0.05) is 22.2 Å². The number of methoxy groups -OCH3 is 1. The Balaban J connectivity index is 1.91. The lowest BCUT2D eigenvalue weighted by molar-refractivity contribution is -0.384. The lowest BCUT2D eigenvalue weighted by Crippen LogP contribution is -2.01. The van der Waals surface area contributed by atoms with Gasteiger partial charge in [0.2, 0.25) is 0 Å². The summed E-state index contributed by atoms with van der Waals surface area (Å²) in [5.41, 5.74) is 3.22. The predicted molar refractivity (Wildman–Crippen MR) is 104 cm³/mol. The molecule has 1 saturated carbocycles. The van der Waals surface area contributed by atoms with E-state index in [0.29, 0.717) is 5.92 Å². The minimum absolute atomic E-state index is 0.0951. The van der Waals surface area contributed by atoms with E-state index in [-0.39, 0.29) is 5.69 Å². The summed E-state index contributed by atoms with van der Waals surface area (Å²) in [5.74, 6) is 2.12.